The number of benzene rings is 1. The SMILES string of the molecule is CC1CCCC(C#N)(C(C)(O)c2ccc(Br)cc2)C1. The molecule has 3 unspecified atom stereocenters. The van der Waals surface area contributed by atoms with Crippen LogP contribution >= 0.6 is 15.9 Å². The van der Waals surface area contributed by atoms with Crippen LogP contribution in [0, 0.1) is 22.7 Å². The third-order valence-corrected chi connectivity index (χ3v) is 5.08. The lowest BCUT2D eigenvalue weighted by Crippen LogP contribution is -2.45. The number of rotatable bonds is 2. The lowest BCUT2D eigenvalue weighted by Gasteiger charge is -2.45. The molecule has 0 bridgehead atoms. The van der Waals surface area contributed by atoms with Gasteiger partial charge in [0.25, 0.3) is 0 Å². The van der Waals surface area contributed by atoms with E-state index in [9.17, 15) is 10.4 Å². The summed E-state index contributed by atoms with van der Waals surface area (Å²) in [7, 11) is 0. The van der Waals surface area contributed by atoms with Crippen LogP contribution in [0.2, 0.25) is 0 Å². The van der Waals surface area contributed by atoms with Gasteiger partial charge in [0.15, 0.2) is 0 Å². The number of hydrogen-bond acceptors (Lipinski definition) is 2. The van der Waals surface area contributed by atoms with Crippen molar-refractivity contribution in [2.45, 2.75) is 45.1 Å². The molecule has 0 spiro atoms. The number of hydrogen-bond donors (Lipinski definition) is 1. The van der Waals surface area contributed by atoms with Crippen molar-refractivity contribution in [1.29, 1.82) is 5.26 Å². The maximum absolute atomic E-state index is 11.0. The zero-order valence-electron chi connectivity index (χ0n) is 11.5. The van der Waals surface area contributed by atoms with Gasteiger partial charge in [-0.2, -0.15) is 5.26 Å². The Bertz CT molecular complexity index is 488. The Labute approximate surface area is 123 Å². The van der Waals surface area contributed by atoms with E-state index in [2.05, 4.69) is 28.9 Å². The third kappa shape index (κ3) is 2.57. The second kappa shape index (κ2) is 5.26. The molecular formula is C16H20BrNO. The molecule has 1 N–H and O–H groups in total. The zero-order valence-corrected chi connectivity index (χ0v) is 13.1. The van der Waals surface area contributed by atoms with E-state index in [4.69, 9.17) is 0 Å². The number of nitriles is 1. The molecule has 2 nitrogen and oxygen atoms in total. The van der Waals surface area contributed by atoms with Crippen LogP contribution in [0.3, 0.4) is 0 Å². The monoisotopic (exact) mass is 321 g/mol. The minimum absolute atomic E-state index is 0.496. The predicted octanol–water partition coefficient (Wildman–Crippen LogP) is 4.38. The summed E-state index contributed by atoms with van der Waals surface area (Å²) in [5.74, 6) is 0.496. The van der Waals surface area contributed by atoms with Gasteiger partial charge in [-0.3, -0.25) is 0 Å². The fraction of sp³-hybridized carbons (Fsp3) is 0.562. The number of nitrogens with zero attached hydrogens (tertiary/aromatic N) is 1. The van der Waals surface area contributed by atoms with Crippen LogP contribution in [0.15, 0.2) is 28.7 Å². The molecule has 0 saturated heterocycles. The Morgan fingerprint density at radius 3 is 2.58 bits per heavy atom. The number of aliphatic hydroxyl groups is 1. The van der Waals surface area contributed by atoms with Crippen LogP contribution in [-0.2, 0) is 5.60 Å². The lowest BCUT2D eigenvalue weighted by atomic mass is 9.60. The van der Waals surface area contributed by atoms with Gasteiger partial charge in [0.1, 0.15) is 5.60 Å². The van der Waals surface area contributed by atoms with Crippen molar-refractivity contribution in [3.63, 3.8) is 0 Å². The Kier molecular flexibility index (Phi) is 4.03. The van der Waals surface area contributed by atoms with Crippen molar-refractivity contribution in [3.8, 4) is 6.07 Å². The summed E-state index contributed by atoms with van der Waals surface area (Å²) >= 11 is 3.40. The zero-order chi connectivity index (χ0) is 14.1. The van der Waals surface area contributed by atoms with E-state index in [1.807, 2.05) is 24.3 Å². The van der Waals surface area contributed by atoms with Gasteiger partial charge in [-0.15, -0.1) is 0 Å². The van der Waals surface area contributed by atoms with Gasteiger partial charge in [-0.05, 0) is 43.4 Å². The summed E-state index contributed by atoms with van der Waals surface area (Å²) in [6, 6.07) is 10.1. The van der Waals surface area contributed by atoms with Crippen LogP contribution in [-0.4, -0.2) is 5.11 Å². The van der Waals surface area contributed by atoms with Crippen LogP contribution < -0.4 is 0 Å². The van der Waals surface area contributed by atoms with Gasteiger partial charge in [0.2, 0.25) is 0 Å². The van der Waals surface area contributed by atoms with Crippen LogP contribution in [0.1, 0.15) is 45.1 Å². The molecule has 0 aliphatic heterocycles. The second-order valence-electron chi connectivity index (χ2n) is 5.97. The molecule has 0 aromatic heterocycles. The van der Waals surface area contributed by atoms with Crippen molar-refractivity contribution < 1.29 is 5.11 Å². The van der Waals surface area contributed by atoms with E-state index in [-0.39, 0.29) is 0 Å². The maximum Gasteiger partial charge on any atom is 0.105 e. The fourth-order valence-corrected chi connectivity index (χ4v) is 3.52. The predicted molar refractivity (Wildman–Crippen MR) is 79.4 cm³/mol. The molecule has 0 radical (unpaired) electrons. The normalized spacial score (nSPS) is 30.4. The first-order valence-corrected chi connectivity index (χ1v) is 7.60. The highest BCUT2D eigenvalue weighted by Gasteiger charge is 2.50. The summed E-state index contributed by atoms with van der Waals surface area (Å²) in [6.45, 7) is 3.96. The van der Waals surface area contributed by atoms with Crippen molar-refractivity contribution in [2.75, 3.05) is 0 Å². The molecule has 2 rings (SSSR count). The van der Waals surface area contributed by atoms with E-state index < -0.39 is 11.0 Å². The lowest BCUT2D eigenvalue weighted by molar-refractivity contribution is -0.0720. The van der Waals surface area contributed by atoms with Gasteiger partial charge in [-0.25, -0.2) is 0 Å². The van der Waals surface area contributed by atoms with Gasteiger partial charge in [0.05, 0.1) is 11.5 Å². The van der Waals surface area contributed by atoms with E-state index >= 15 is 0 Å². The molecule has 0 heterocycles. The standard InChI is InChI=1S/C16H20BrNO/c1-12-4-3-9-16(10-12,11-18)15(2,19)13-5-7-14(17)8-6-13/h5-8,12,19H,3-4,9-10H2,1-2H3. The van der Waals surface area contributed by atoms with E-state index in [0.29, 0.717) is 5.92 Å². The van der Waals surface area contributed by atoms with Crippen LogP contribution in [0.4, 0.5) is 0 Å². The van der Waals surface area contributed by atoms with Gasteiger partial charge in [0, 0.05) is 4.47 Å². The van der Waals surface area contributed by atoms with E-state index in [0.717, 1.165) is 35.7 Å². The van der Waals surface area contributed by atoms with Crippen molar-refractivity contribution >= 4 is 15.9 Å². The van der Waals surface area contributed by atoms with E-state index in [1.54, 1.807) is 6.92 Å². The first-order valence-electron chi connectivity index (χ1n) is 6.81. The Morgan fingerprint density at radius 2 is 2.05 bits per heavy atom. The summed E-state index contributed by atoms with van der Waals surface area (Å²) in [5.41, 5.74) is -0.943. The highest BCUT2D eigenvalue weighted by molar-refractivity contribution is 9.10. The van der Waals surface area contributed by atoms with Crippen molar-refractivity contribution in [2.24, 2.45) is 11.3 Å². The Hall–Kier alpha value is -0.850. The maximum atomic E-state index is 11.0. The molecule has 3 heteroatoms. The molecule has 1 aromatic carbocycles. The highest BCUT2D eigenvalue weighted by atomic mass is 79.9. The first kappa shape index (κ1) is 14.6. The minimum Gasteiger partial charge on any atom is -0.384 e. The van der Waals surface area contributed by atoms with Gasteiger partial charge < -0.3 is 5.11 Å². The molecule has 3 atom stereocenters. The molecular weight excluding hydrogens is 302 g/mol. The van der Waals surface area contributed by atoms with E-state index in [1.165, 1.54) is 0 Å². The smallest absolute Gasteiger partial charge is 0.105 e. The average Bonchev–Trinajstić information content (AvgIpc) is 2.39. The molecule has 1 aliphatic carbocycles. The summed E-state index contributed by atoms with van der Waals surface area (Å²) in [4.78, 5) is 0. The average molecular weight is 322 g/mol. The van der Waals surface area contributed by atoms with Gasteiger partial charge in [-0.1, -0.05) is 47.8 Å². The van der Waals surface area contributed by atoms with Crippen molar-refractivity contribution in [3.05, 3.63) is 34.3 Å². The summed E-state index contributed by atoms with van der Waals surface area (Å²) in [6.07, 6.45) is 3.71. The molecule has 1 fully saturated rings. The van der Waals surface area contributed by atoms with Crippen molar-refractivity contribution in [1.82, 2.24) is 0 Å². The molecule has 1 aromatic rings. The number of halogens is 1. The van der Waals surface area contributed by atoms with Crippen LogP contribution in [0.25, 0.3) is 0 Å². The summed E-state index contributed by atoms with van der Waals surface area (Å²) in [5, 5.41) is 20.7. The highest BCUT2D eigenvalue weighted by Crippen LogP contribution is 2.51. The van der Waals surface area contributed by atoms with Crippen LogP contribution in [0.5, 0.6) is 0 Å². The second-order valence-corrected chi connectivity index (χ2v) is 6.89. The molecule has 1 aliphatic rings. The fourth-order valence-electron chi connectivity index (χ4n) is 3.25. The quantitative estimate of drug-likeness (QED) is 0.878. The molecule has 0 amide bonds. The minimum atomic E-state index is -1.10. The molecule has 19 heavy (non-hydrogen) atoms. The Morgan fingerprint density at radius 1 is 1.42 bits per heavy atom. The Balaban J connectivity index is 2.41. The first-order chi connectivity index (χ1) is 8.91. The third-order valence-electron chi connectivity index (χ3n) is 4.55. The molecule has 102 valence electrons. The largest absolute Gasteiger partial charge is 0.384 e. The summed E-state index contributed by atoms with van der Waals surface area (Å²) < 4.78 is 0.982. The topological polar surface area (TPSA) is 44.0 Å². The van der Waals surface area contributed by atoms with Gasteiger partial charge >= 0.3 is 0 Å². The molecule has 1 saturated carbocycles.